The predicted octanol–water partition coefficient (Wildman–Crippen LogP) is 2.78. The van der Waals surface area contributed by atoms with Gasteiger partial charge in [-0.05, 0) is 43.4 Å². The van der Waals surface area contributed by atoms with Crippen LogP contribution in [0.1, 0.15) is 68.9 Å². The molecule has 1 heterocycles. The number of fused-ring (bicyclic) bond motifs is 2. The molecule has 0 unspecified atom stereocenters. The standard InChI is InChI=1S/C25H35N3O4S/c1-5-11-28(4)20(31)12-16-21-17(33-23(26-21)27-22(32)15-7-6-8-15)13-18-24(16,2)10-9-19(30)25(18,3)14-29/h1,15-16,18-19,29-30H,6-14H2,2-4H3,(H,26,27,32)/t16-,18+,19-,24+,25+/m1/s1. The van der Waals surface area contributed by atoms with Crippen molar-refractivity contribution in [3.05, 3.63) is 10.6 Å². The summed E-state index contributed by atoms with van der Waals surface area (Å²) in [6.07, 6.45) is 9.98. The molecule has 0 bridgehead atoms. The van der Waals surface area contributed by atoms with Crippen LogP contribution in [0.3, 0.4) is 0 Å². The fraction of sp³-hybridized carbons (Fsp3) is 0.720. The number of nitrogens with zero attached hydrogens (tertiary/aromatic N) is 2. The van der Waals surface area contributed by atoms with Crippen LogP contribution in [-0.4, -0.2) is 58.2 Å². The molecule has 2 saturated carbocycles. The van der Waals surface area contributed by atoms with Gasteiger partial charge in [0, 0.05) is 35.6 Å². The van der Waals surface area contributed by atoms with Gasteiger partial charge in [0.25, 0.3) is 0 Å². The van der Waals surface area contributed by atoms with E-state index in [9.17, 15) is 19.8 Å². The first-order chi connectivity index (χ1) is 15.6. The van der Waals surface area contributed by atoms with Crippen molar-refractivity contribution in [3.63, 3.8) is 0 Å². The minimum absolute atomic E-state index is 0.0161. The summed E-state index contributed by atoms with van der Waals surface area (Å²) in [5, 5.41) is 24.8. The SMILES string of the molecule is C#CCN(C)C(=O)C[C@@H]1c2nc(NC(=O)C3CCC3)sc2C[C@@H]2[C@](C)(CO)[C@H](O)CC[C@]21C. The minimum Gasteiger partial charge on any atom is -0.396 e. The third kappa shape index (κ3) is 4.09. The Kier molecular flexibility index (Phi) is 6.60. The van der Waals surface area contributed by atoms with Crippen molar-refractivity contribution in [2.75, 3.05) is 25.5 Å². The Labute approximate surface area is 200 Å². The third-order valence-corrected chi connectivity index (χ3v) is 9.74. The van der Waals surface area contributed by atoms with Crippen molar-refractivity contribution in [1.29, 1.82) is 0 Å². The predicted molar refractivity (Wildman–Crippen MR) is 128 cm³/mol. The van der Waals surface area contributed by atoms with Crippen LogP contribution >= 0.6 is 11.3 Å². The van der Waals surface area contributed by atoms with E-state index < -0.39 is 11.5 Å². The number of aromatic nitrogens is 1. The molecule has 3 aliphatic carbocycles. The van der Waals surface area contributed by atoms with Crippen LogP contribution in [0.15, 0.2) is 0 Å². The van der Waals surface area contributed by atoms with E-state index in [1.165, 1.54) is 11.3 Å². The number of nitrogens with one attached hydrogen (secondary N) is 1. The largest absolute Gasteiger partial charge is 0.396 e. The van der Waals surface area contributed by atoms with E-state index in [4.69, 9.17) is 11.4 Å². The molecule has 3 aliphatic rings. The van der Waals surface area contributed by atoms with Crippen LogP contribution < -0.4 is 5.32 Å². The molecular formula is C25H35N3O4S. The maximum atomic E-state index is 13.1. The molecule has 2 fully saturated rings. The van der Waals surface area contributed by atoms with E-state index in [1.54, 1.807) is 11.9 Å². The van der Waals surface area contributed by atoms with Crippen molar-refractivity contribution >= 4 is 28.3 Å². The number of carbonyl (C=O) groups is 2. The molecule has 33 heavy (non-hydrogen) atoms. The van der Waals surface area contributed by atoms with Crippen molar-refractivity contribution < 1.29 is 19.8 Å². The molecule has 1 aromatic heterocycles. The van der Waals surface area contributed by atoms with Gasteiger partial charge in [0.2, 0.25) is 11.8 Å². The second kappa shape index (κ2) is 9.01. The number of anilines is 1. The zero-order chi connectivity index (χ0) is 24.0. The molecule has 0 radical (unpaired) electrons. The highest BCUT2D eigenvalue weighted by atomic mass is 32.1. The number of aliphatic hydroxyl groups is 2. The number of thiazole rings is 1. The van der Waals surface area contributed by atoms with Gasteiger partial charge in [0.1, 0.15) is 0 Å². The summed E-state index contributed by atoms with van der Waals surface area (Å²) in [4.78, 5) is 33.1. The molecule has 4 rings (SSSR count). The molecule has 3 N–H and O–H groups in total. The zero-order valence-corrected chi connectivity index (χ0v) is 20.6. The average molecular weight is 474 g/mol. The monoisotopic (exact) mass is 473 g/mol. The quantitative estimate of drug-likeness (QED) is 0.552. The van der Waals surface area contributed by atoms with Gasteiger partial charge in [-0.25, -0.2) is 4.98 Å². The van der Waals surface area contributed by atoms with Crippen molar-refractivity contribution in [3.8, 4) is 12.3 Å². The van der Waals surface area contributed by atoms with Crippen LogP contribution in [0.5, 0.6) is 0 Å². The zero-order valence-electron chi connectivity index (χ0n) is 19.8. The highest BCUT2D eigenvalue weighted by molar-refractivity contribution is 7.15. The molecule has 0 aliphatic heterocycles. The maximum Gasteiger partial charge on any atom is 0.229 e. The number of hydrogen-bond donors (Lipinski definition) is 3. The average Bonchev–Trinajstić information content (AvgIpc) is 3.13. The van der Waals surface area contributed by atoms with Gasteiger partial charge < -0.3 is 20.4 Å². The highest BCUT2D eigenvalue weighted by Gasteiger charge is 2.59. The molecular weight excluding hydrogens is 438 g/mol. The molecule has 7 nitrogen and oxygen atoms in total. The number of aliphatic hydroxyl groups excluding tert-OH is 2. The molecule has 0 spiro atoms. The Morgan fingerprint density at radius 1 is 1.33 bits per heavy atom. The minimum atomic E-state index is -0.671. The Balaban J connectivity index is 1.71. The lowest BCUT2D eigenvalue weighted by molar-refractivity contribution is -0.146. The molecule has 8 heteroatoms. The Morgan fingerprint density at radius 2 is 2.06 bits per heavy atom. The Bertz CT molecular complexity index is 967. The van der Waals surface area contributed by atoms with Gasteiger partial charge in [-0.15, -0.1) is 17.8 Å². The van der Waals surface area contributed by atoms with Crippen molar-refractivity contribution in [2.45, 2.75) is 70.8 Å². The third-order valence-electron chi connectivity index (χ3n) is 8.73. The lowest BCUT2D eigenvalue weighted by atomic mass is 9.47. The molecule has 5 atom stereocenters. The Hall–Kier alpha value is -1.95. The lowest BCUT2D eigenvalue weighted by Gasteiger charge is -2.58. The fourth-order valence-electron chi connectivity index (χ4n) is 6.13. The van der Waals surface area contributed by atoms with Gasteiger partial charge in [0.15, 0.2) is 5.13 Å². The van der Waals surface area contributed by atoms with Gasteiger partial charge in [-0.3, -0.25) is 9.59 Å². The summed E-state index contributed by atoms with van der Waals surface area (Å²) in [7, 11) is 1.71. The fourth-order valence-corrected chi connectivity index (χ4v) is 7.20. The van der Waals surface area contributed by atoms with E-state index in [0.29, 0.717) is 18.0 Å². The van der Waals surface area contributed by atoms with Gasteiger partial charge in [-0.2, -0.15) is 0 Å². The van der Waals surface area contributed by atoms with Crippen molar-refractivity contribution in [1.82, 2.24) is 9.88 Å². The summed E-state index contributed by atoms with van der Waals surface area (Å²) >= 11 is 1.47. The summed E-state index contributed by atoms with van der Waals surface area (Å²) in [6, 6.07) is 0. The maximum absolute atomic E-state index is 13.1. The lowest BCUT2D eigenvalue weighted by Crippen LogP contribution is -2.57. The molecule has 0 aromatic carbocycles. The van der Waals surface area contributed by atoms with Crippen LogP contribution in [0, 0.1) is 35.0 Å². The van der Waals surface area contributed by atoms with Gasteiger partial charge in [-0.1, -0.05) is 26.2 Å². The van der Waals surface area contributed by atoms with Crippen LogP contribution in [0.2, 0.25) is 0 Å². The van der Waals surface area contributed by atoms with E-state index in [2.05, 4.69) is 18.2 Å². The van der Waals surface area contributed by atoms with Crippen LogP contribution in [0.25, 0.3) is 0 Å². The number of carbonyl (C=O) groups excluding carboxylic acids is 2. The van der Waals surface area contributed by atoms with E-state index in [1.807, 2.05) is 6.92 Å². The van der Waals surface area contributed by atoms with Crippen molar-refractivity contribution in [2.24, 2.45) is 22.7 Å². The number of terminal acetylenes is 1. The van der Waals surface area contributed by atoms with E-state index >= 15 is 0 Å². The first-order valence-corrected chi connectivity index (χ1v) is 12.7. The first kappa shape index (κ1) is 24.2. The summed E-state index contributed by atoms with van der Waals surface area (Å²) < 4.78 is 0. The summed E-state index contributed by atoms with van der Waals surface area (Å²) in [6.45, 7) is 4.25. The topological polar surface area (TPSA) is 103 Å². The van der Waals surface area contributed by atoms with Crippen LogP contribution in [-0.2, 0) is 16.0 Å². The first-order valence-electron chi connectivity index (χ1n) is 11.9. The second-order valence-corrected chi connectivity index (χ2v) is 11.7. The van der Waals surface area contributed by atoms with Crippen LogP contribution in [0.4, 0.5) is 5.13 Å². The number of amides is 2. The molecule has 2 amide bonds. The van der Waals surface area contributed by atoms with Gasteiger partial charge >= 0.3 is 0 Å². The molecule has 1 aromatic rings. The van der Waals surface area contributed by atoms with Gasteiger partial charge in [0.05, 0.1) is 24.9 Å². The van der Waals surface area contributed by atoms with E-state index in [-0.39, 0.29) is 54.6 Å². The summed E-state index contributed by atoms with van der Waals surface area (Å²) in [5.41, 5.74) is -0.114. The number of rotatable bonds is 6. The Morgan fingerprint density at radius 3 is 2.67 bits per heavy atom. The summed E-state index contributed by atoms with van der Waals surface area (Å²) in [5.74, 6) is 2.37. The highest BCUT2D eigenvalue weighted by Crippen LogP contribution is 2.62. The normalized spacial score (nSPS) is 33.3. The van der Waals surface area contributed by atoms with E-state index in [0.717, 1.165) is 36.3 Å². The molecule has 0 saturated heterocycles. The number of hydrogen-bond acceptors (Lipinski definition) is 6. The smallest absolute Gasteiger partial charge is 0.229 e. The second-order valence-electron chi connectivity index (χ2n) is 10.6. The molecule has 180 valence electrons.